The van der Waals surface area contributed by atoms with Gasteiger partial charge in [0.1, 0.15) is 19.3 Å². The number of rotatable bonds is 16. The molecule has 14 heteroatoms. The summed E-state index contributed by atoms with van der Waals surface area (Å²) in [6.07, 6.45) is -2.12. The summed E-state index contributed by atoms with van der Waals surface area (Å²) >= 11 is 0. The van der Waals surface area contributed by atoms with Gasteiger partial charge >= 0.3 is 18.2 Å². The fourth-order valence-corrected chi connectivity index (χ4v) is 2.37. The van der Waals surface area contributed by atoms with E-state index >= 15 is 0 Å². The van der Waals surface area contributed by atoms with Gasteiger partial charge in [-0.3, -0.25) is 9.59 Å². The van der Waals surface area contributed by atoms with E-state index in [0.717, 1.165) is 0 Å². The highest BCUT2D eigenvalue weighted by Crippen LogP contribution is 2.13. The second-order valence-corrected chi connectivity index (χ2v) is 6.68. The molecule has 2 N–H and O–H groups in total. The van der Waals surface area contributed by atoms with Gasteiger partial charge in [0, 0.05) is 46.8 Å². The zero-order valence-electron chi connectivity index (χ0n) is 18.8. The van der Waals surface area contributed by atoms with Crippen LogP contribution in [0.5, 0.6) is 0 Å². The maximum Gasteiger partial charge on any atom is 0.407 e. The third kappa shape index (κ3) is 18.9. The molecule has 37 heavy (non-hydrogen) atoms. The molecule has 0 aromatic rings. The smallest absolute Gasteiger partial charge is 0.407 e. The van der Waals surface area contributed by atoms with Crippen molar-refractivity contribution >= 4 is 30.0 Å². The van der Waals surface area contributed by atoms with E-state index in [4.69, 9.17) is 28.5 Å². The van der Waals surface area contributed by atoms with E-state index in [-0.39, 0.29) is 88.3 Å². The number of methoxy groups -OCH3 is 2. The van der Waals surface area contributed by atoms with Gasteiger partial charge in [0.15, 0.2) is 0 Å². The molecule has 1 heterocycles. The number of imide groups is 1. The van der Waals surface area contributed by atoms with Crippen molar-refractivity contribution in [2.75, 3.05) is 60.3 Å². The highest BCUT2D eigenvalue weighted by molar-refractivity contribution is 6.01. The van der Waals surface area contributed by atoms with Gasteiger partial charge in [0.25, 0.3) is 11.8 Å². The lowest BCUT2D eigenvalue weighted by Gasteiger charge is -2.18. The molecule has 1 aliphatic rings. The fourth-order valence-electron chi connectivity index (χ4n) is 2.37. The van der Waals surface area contributed by atoms with Crippen LogP contribution in [-0.4, -0.2) is 101 Å². The molecule has 0 radical (unpaired) electrons. The number of carbonyl (C=O) groups excluding carboxylic acids is 5. The number of nitrogens with zero attached hydrogens (tertiary/aromatic N) is 1. The van der Waals surface area contributed by atoms with Crippen molar-refractivity contribution in [1.29, 1.82) is 0 Å². The Balaban J connectivity index is -0.00000136. The van der Waals surface area contributed by atoms with Crippen LogP contribution in [0.3, 0.4) is 0 Å². The van der Waals surface area contributed by atoms with Crippen LogP contribution >= 0.6 is 0 Å². The molecule has 0 atom stereocenters. The summed E-state index contributed by atoms with van der Waals surface area (Å²) in [5.41, 5.74) is 0. The van der Waals surface area contributed by atoms with Crippen LogP contribution in [0.2, 0.25) is 0 Å². The van der Waals surface area contributed by atoms with E-state index < -0.39 is 36.1 Å². The van der Waals surface area contributed by atoms with Crippen molar-refractivity contribution in [3.8, 4) is 0 Å². The Morgan fingerprint density at radius 1 is 0.811 bits per heavy atom. The number of ether oxygens (including phenoxy) is 5. The number of nitrogens with one attached hydrogen (secondary N) is 2. The highest BCUT2D eigenvalue weighted by atomic mass is 16.7. The first-order chi connectivity index (χ1) is 15.9. The zero-order chi connectivity index (χ0) is 24.5. The van der Waals surface area contributed by atoms with E-state index in [2.05, 4.69) is 10.6 Å². The topological polar surface area (TPSA) is 168 Å². The van der Waals surface area contributed by atoms with Gasteiger partial charge in [-0.25, -0.2) is 14.4 Å². The summed E-state index contributed by atoms with van der Waals surface area (Å²) in [5, 5.41) is 5.40. The fraction of sp³-hybridized carbons (Fsp3) is 0.783. The van der Waals surface area contributed by atoms with Crippen molar-refractivity contribution in [1.82, 2.24) is 15.7 Å². The van der Waals surface area contributed by atoms with Gasteiger partial charge in [-0.15, -0.1) is 5.06 Å². The monoisotopic (exact) mass is 541 g/mol. The minimum atomic E-state index is -0.802. The van der Waals surface area contributed by atoms with Gasteiger partial charge in [-0.1, -0.05) is 29.7 Å². The molecule has 1 saturated heterocycles. The number of hydroxylamine groups is 2. The van der Waals surface area contributed by atoms with Crippen LogP contribution in [0.15, 0.2) is 0 Å². The van der Waals surface area contributed by atoms with Crippen LogP contribution in [0.1, 0.15) is 55.4 Å². The Labute approximate surface area is 220 Å². The lowest BCUT2D eigenvalue weighted by Crippen LogP contribution is -2.35. The normalized spacial score (nSPS) is 11.8. The van der Waals surface area contributed by atoms with Gasteiger partial charge in [0.05, 0.1) is 19.6 Å². The third-order valence-electron chi connectivity index (χ3n) is 4.03. The maximum absolute atomic E-state index is 11.8. The van der Waals surface area contributed by atoms with Crippen LogP contribution in [0, 0.1) is 0 Å². The zero-order valence-corrected chi connectivity index (χ0v) is 18.8. The Kier molecular flexibility index (Phi) is 27.5. The molecule has 1 aliphatic heterocycles. The van der Waals surface area contributed by atoms with Gasteiger partial charge in [-0.2, -0.15) is 0 Å². The lowest BCUT2D eigenvalue weighted by molar-refractivity contribution is -0.197. The van der Waals surface area contributed by atoms with E-state index in [0.29, 0.717) is 18.3 Å². The minimum Gasteiger partial charge on any atom is -0.447 e. The summed E-state index contributed by atoms with van der Waals surface area (Å²) in [5.74, 6) is -1.89. The quantitative estimate of drug-likeness (QED) is 0.217. The molecule has 0 aliphatic carbocycles. The van der Waals surface area contributed by atoms with Gasteiger partial charge < -0.3 is 39.2 Å². The summed E-state index contributed by atoms with van der Waals surface area (Å²) in [6.45, 7) is 0.726. The van der Waals surface area contributed by atoms with Crippen molar-refractivity contribution in [3.05, 3.63) is 0 Å². The SMILES string of the molecule is C.C.C.C.COCCNC(=O)OCC(COC(=O)NCCOC)OCCCC(=O)ON1C(=O)CCC1=O. The number of hydrogen-bond donors (Lipinski definition) is 2. The van der Waals surface area contributed by atoms with Crippen LogP contribution in [-0.2, 0) is 42.9 Å². The standard InChI is InChI=1S/C19H31N3O11.4CH4/c1-28-10-7-20-18(26)31-12-14(13-32-19(27)21-8-11-29-2)30-9-3-4-17(25)33-22-15(23)5-6-16(22)24;;;;/h14H,3-13H2,1-2H3,(H,20,26)(H,21,27);4*1H4. The molecular weight excluding hydrogens is 494 g/mol. The Morgan fingerprint density at radius 2 is 1.27 bits per heavy atom. The average Bonchev–Trinajstić information content (AvgIpc) is 3.10. The number of amides is 4. The predicted octanol–water partition coefficient (Wildman–Crippen LogP) is 2.05. The van der Waals surface area contributed by atoms with E-state index in [9.17, 15) is 24.0 Å². The molecule has 220 valence electrons. The first-order valence-electron chi connectivity index (χ1n) is 10.3. The third-order valence-corrected chi connectivity index (χ3v) is 4.03. The second kappa shape index (κ2) is 24.7. The Bertz CT molecular complexity index is 620. The molecular formula is C23H47N3O11. The molecule has 1 rings (SSSR count). The molecule has 1 fully saturated rings. The molecule has 0 bridgehead atoms. The number of alkyl carbamates (subject to hydrolysis) is 2. The summed E-state index contributed by atoms with van der Waals surface area (Å²) in [7, 11) is 2.98. The minimum absolute atomic E-state index is 0. The molecule has 0 aromatic heterocycles. The van der Waals surface area contributed by atoms with E-state index in [1.165, 1.54) is 14.2 Å². The van der Waals surface area contributed by atoms with E-state index in [1.807, 2.05) is 0 Å². The predicted molar refractivity (Wildman–Crippen MR) is 136 cm³/mol. The van der Waals surface area contributed by atoms with E-state index in [1.54, 1.807) is 0 Å². The summed E-state index contributed by atoms with van der Waals surface area (Å²) in [4.78, 5) is 62.8. The molecule has 0 saturated carbocycles. The Morgan fingerprint density at radius 3 is 1.70 bits per heavy atom. The number of carbonyl (C=O) groups is 5. The molecule has 0 unspecified atom stereocenters. The average molecular weight is 542 g/mol. The summed E-state index contributed by atoms with van der Waals surface area (Å²) < 4.78 is 25.2. The highest BCUT2D eigenvalue weighted by Gasteiger charge is 2.32. The second-order valence-electron chi connectivity index (χ2n) is 6.68. The van der Waals surface area contributed by atoms with Crippen molar-refractivity contribution in [3.63, 3.8) is 0 Å². The first kappa shape index (κ1) is 41.2. The van der Waals surface area contributed by atoms with Crippen molar-refractivity contribution in [2.24, 2.45) is 0 Å². The first-order valence-corrected chi connectivity index (χ1v) is 10.3. The molecule has 14 nitrogen and oxygen atoms in total. The summed E-state index contributed by atoms with van der Waals surface area (Å²) in [6, 6.07) is 0. The van der Waals surface area contributed by atoms with Crippen molar-refractivity contribution < 1.29 is 52.5 Å². The number of hydrogen-bond acceptors (Lipinski definition) is 11. The van der Waals surface area contributed by atoms with Crippen LogP contribution in [0.25, 0.3) is 0 Å². The molecule has 0 spiro atoms. The van der Waals surface area contributed by atoms with Crippen LogP contribution < -0.4 is 10.6 Å². The van der Waals surface area contributed by atoms with Crippen molar-refractivity contribution in [2.45, 2.75) is 61.5 Å². The van der Waals surface area contributed by atoms with Crippen LogP contribution in [0.4, 0.5) is 9.59 Å². The molecule has 4 amide bonds. The lowest BCUT2D eigenvalue weighted by atomic mass is 10.3. The van der Waals surface area contributed by atoms with Gasteiger partial charge in [-0.05, 0) is 6.42 Å². The Hall–Kier alpha value is -2.97. The maximum atomic E-state index is 11.8. The largest absolute Gasteiger partial charge is 0.447 e. The van der Waals surface area contributed by atoms with Gasteiger partial charge in [0.2, 0.25) is 0 Å². The molecule has 0 aromatic carbocycles.